The monoisotopic (exact) mass is 365 g/mol. The van der Waals surface area contributed by atoms with Gasteiger partial charge in [0.2, 0.25) is 4.93 Å². The first-order chi connectivity index (χ1) is 12.1. The predicted molar refractivity (Wildman–Crippen MR) is 99.5 cm³/mol. The lowest BCUT2D eigenvalue weighted by molar-refractivity contribution is -0.136. The maximum absolute atomic E-state index is 13.0. The van der Waals surface area contributed by atoms with Gasteiger partial charge in [0.1, 0.15) is 0 Å². The summed E-state index contributed by atoms with van der Waals surface area (Å²) in [5.41, 5.74) is 0.979. The summed E-state index contributed by atoms with van der Waals surface area (Å²) in [5, 5.41) is 3.72. The molecule has 0 aromatic carbocycles. The summed E-state index contributed by atoms with van der Waals surface area (Å²) in [4.78, 5) is 18.5. The Labute approximate surface area is 154 Å². The molecule has 1 atom stereocenters. The largest absolute Gasteiger partial charge is 0.379 e. The average Bonchev–Trinajstić information content (AvgIpc) is 2.66. The molecule has 1 aliphatic heterocycles. The SMILES string of the molecule is C=C(CC)CNC(=O)C(CN1CCOCC1)(OC)Sc1ccccn1. The number of hydrogen-bond acceptors (Lipinski definition) is 6. The number of pyridine rings is 1. The highest BCUT2D eigenvalue weighted by Crippen LogP contribution is 2.34. The van der Waals surface area contributed by atoms with Crippen molar-refractivity contribution in [3.8, 4) is 0 Å². The lowest BCUT2D eigenvalue weighted by Crippen LogP contribution is -2.55. The number of nitrogens with one attached hydrogen (secondary N) is 1. The third-order valence-corrected chi connectivity index (χ3v) is 5.38. The minimum absolute atomic E-state index is 0.160. The maximum atomic E-state index is 13.0. The van der Waals surface area contributed by atoms with Gasteiger partial charge >= 0.3 is 0 Å². The number of rotatable bonds is 9. The number of carbonyl (C=O) groups excluding carboxylic acids is 1. The fourth-order valence-electron chi connectivity index (χ4n) is 2.44. The van der Waals surface area contributed by atoms with Crippen LogP contribution < -0.4 is 5.32 Å². The Hall–Kier alpha value is -1.41. The smallest absolute Gasteiger partial charge is 0.264 e. The molecule has 1 N–H and O–H groups in total. The molecule has 1 fully saturated rings. The lowest BCUT2D eigenvalue weighted by Gasteiger charge is -2.36. The molecule has 1 saturated heterocycles. The van der Waals surface area contributed by atoms with Crippen LogP contribution in [0.1, 0.15) is 13.3 Å². The Balaban J connectivity index is 2.17. The van der Waals surface area contributed by atoms with Gasteiger partial charge < -0.3 is 14.8 Å². The van der Waals surface area contributed by atoms with Gasteiger partial charge in [0.05, 0.1) is 18.2 Å². The Bertz CT molecular complexity index is 564. The number of nitrogens with zero attached hydrogens (tertiary/aromatic N) is 2. The average molecular weight is 365 g/mol. The van der Waals surface area contributed by atoms with E-state index in [9.17, 15) is 4.79 Å². The standard InChI is InChI=1S/C18H27N3O3S/c1-4-15(2)13-20-17(22)18(23-3,14-21-9-11-24-12-10-21)25-16-7-5-6-8-19-16/h5-8H,2,4,9-14H2,1,3H3,(H,20,22). The number of carbonyl (C=O) groups is 1. The van der Waals surface area contributed by atoms with Crippen molar-refractivity contribution in [3.05, 3.63) is 36.5 Å². The molecule has 1 aliphatic rings. The number of methoxy groups -OCH3 is 1. The number of thioether (sulfide) groups is 1. The molecular formula is C18H27N3O3S. The minimum atomic E-state index is -1.07. The van der Waals surface area contributed by atoms with Gasteiger partial charge in [0.25, 0.3) is 5.91 Å². The van der Waals surface area contributed by atoms with Crippen molar-refractivity contribution >= 4 is 17.7 Å². The van der Waals surface area contributed by atoms with E-state index in [0.29, 0.717) is 26.3 Å². The van der Waals surface area contributed by atoms with Crippen LogP contribution in [0.2, 0.25) is 0 Å². The van der Waals surface area contributed by atoms with Crippen molar-refractivity contribution in [2.75, 3.05) is 46.5 Å². The molecule has 138 valence electrons. The normalized spacial score (nSPS) is 17.7. The van der Waals surface area contributed by atoms with Gasteiger partial charge in [-0.25, -0.2) is 4.98 Å². The van der Waals surface area contributed by atoms with Gasteiger partial charge in [-0.3, -0.25) is 9.69 Å². The predicted octanol–water partition coefficient (Wildman–Crippen LogP) is 1.93. The van der Waals surface area contributed by atoms with Crippen LogP contribution in [0.4, 0.5) is 0 Å². The zero-order valence-corrected chi connectivity index (χ0v) is 15.8. The van der Waals surface area contributed by atoms with Gasteiger partial charge in [-0.05, 0) is 18.6 Å². The Morgan fingerprint density at radius 1 is 1.48 bits per heavy atom. The number of hydrogen-bond donors (Lipinski definition) is 1. The quantitative estimate of drug-likeness (QED) is 0.410. The van der Waals surface area contributed by atoms with Crippen molar-refractivity contribution in [2.24, 2.45) is 0 Å². The minimum Gasteiger partial charge on any atom is -0.379 e. The molecular weight excluding hydrogens is 338 g/mol. The van der Waals surface area contributed by atoms with Crippen molar-refractivity contribution < 1.29 is 14.3 Å². The van der Waals surface area contributed by atoms with Crippen LogP contribution in [0, 0.1) is 0 Å². The lowest BCUT2D eigenvalue weighted by atomic mass is 10.2. The van der Waals surface area contributed by atoms with Crippen molar-refractivity contribution in [3.63, 3.8) is 0 Å². The molecule has 25 heavy (non-hydrogen) atoms. The molecule has 1 aromatic rings. The van der Waals surface area contributed by atoms with Gasteiger partial charge in [0.15, 0.2) is 0 Å². The Kier molecular flexibility index (Phi) is 7.90. The maximum Gasteiger partial charge on any atom is 0.264 e. The highest BCUT2D eigenvalue weighted by molar-refractivity contribution is 8.01. The molecule has 1 aromatic heterocycles. The van der Waals surface area contributed by atoms with Crippen LogP contribution in [-0.4, -0.2) is 67.2 Å². The summed E-state index contributed by atoms with van der Waals surface area (Å²) in [6, 6.07) is 5.64. The van der Waals surface area contributed by atoms with Crippen LogP contribution in [0.25, 0.3) is 0 Å². The molecule has 7 heteroatoms. The number of aromatic nitrogens is 1. The van der Waals surface area contributed by atoms with Crippen LogP contribution in [0.15, 0.2) is 41.6 Å². The number of ether oxygens (including phenoxy) is 2. The third kappa shape index (κ3) is 5.81. The third-order valence-electron chi connectivity index (χ3n) is 4.12. The van der Waals surface area contributed by atoms with Gasteiger partial charge in [0, 0.05) is 39.5 Å². The molecule has 0 saturated carbocycles. The topological polar surface area (TPSA) is 63.7 Å². The van der Waals surface area contributed by atoms with Gasteiger partial charge in [-0.15, -0.1) is 0 Å². The molecule has 2 heterocycles. The first kappa shape index (κ1) is 19.9. The first-order valence-electron chi connectivity index (χ1n) is 8.50. The molecule has 0 bridgehead atoms. The van der Waals surface area contributed by atoms with E-state index in [1.165, 1.54) is 11.8 Å². The Morgan fingerprint density at radius 3 is 2.84 bits per heavy atom. The summed E-state index contributed by atoms with van der Waals surface area (Å²) in [5.74, 6) is -0.160. The van der Waals surface area contributed by atoms with E-state index >= 15 is 0 Å². The van der Waals surface area contributed by atoms with E-state index in [1.807, 2.05) is 25.1 Å². The van der Waals surface area contributed by atoms with Crippen molar-refractivity contribution in [1.29, 1.82) is 0 Å². The van der Waals surface area contributed by atoms with Crippen LogP contribution in [-0.2, 0) is 14.3 Å². The summed E-state index contributed by atoms with van der Waals surface area (Å²) in [7, 11) is 1.57. The molecule has 1 unspecified atom stereocenters. The molecule has 0 aliphatic carbocycles. The second kappa shape index (κ2) is 9.91. The second-order valence-corrected chi connectivity index (χ2v) is 7.18. The summed E-state index contributed by atoms with van der Waals surface area (Å²) in [6.45, 7) is 9.79. The van der Waals surface area contributed by atoms with Crippen molar-refractivity contribution in [1.82, 2.24) is 15.2 Å². The van der Waals surface area contributed by atoms with E-state index < -0.39 is 4.93 Å². The molecule has 6 nitrogen and oxygen atoms in total. The summed E-state index contributed by atoms with van der Waals surface area (Å²) in [6.07, 6.45) is 2.55. The first-order valence-corrected chi connectivity index (χ1v) is 9.31. The van der Waals surface area contributed by atoms with E-state index in [-0.39, 0.29) is 5.91 Å². The van der Waals surface area contributed by atoms with E-state index in [0.717, 1.165) is 30.1 Å². The zero-order valence-electron chi connectivity index (χ0n) is 15.0. The molecule has 0 spiro atoms. The zero-order chi connectivity index (χ0) is 18.1. The van der Waals surface area contributed by atoms with E-state index in [1.54, 1.807) is 13.3 Å². The van der Waals surface area contributed by atoms with Gasteiger partial charge in [-0.2, -0.15) is 0 Å². The van der Waals surface area contributed by atoms with Crippen molar-refractivity contribution in [2.45, 2.75) is 23.3 Å². The summed E-state index contributed by atoms with van der Waals surface area (Å²) >= 11 is 1.34. The van der Waals surface area contributed by atoms with Crippen LogP contribution in [0.3, 0.4) is 0 Å². The summed E-state index contributed by atoms with van der Waals surface area (Å²) < 4.78 is 11.2. The number of amides is 1. The molecule has 2 rings (SSSR count). The van der Waals surface area contributed by atoms with Crippen LogP contribution >= 0.6 is 11.8 Å². The number of morpholine rings is 1. The fourth-order valence-corrected chi connectivity index (χ4v) is 3.54. The fraction of sp³-hybridized carbons (Fsp3) is 0.556. The van der Waals surface area contributed by atoms with Gasteiger partial charge in [-0.1, -0.05) is 36.9 Å². The molecule has 0 radical (unpaired) electrons. The highest BCUT2D eigenvalue weighted by atomic mass is 32.2. The molecule has 1 amide bonds. The van der Waals surface area contributed by atoms with E-state index in [2.05, 4.69) is 21.8 Å². The Morgan fingerprint density at radius 2 is 2.24 bits per heavy atom. The second-order valence-electron chi connectivity index (χ2n) is 5.90. The van der Waals surface area contributed by atoms with Crippen LogP contribution in [0.5, 0.6) is 0 Å². The highest BCUT2D eigenvalue weighted by Gasteiger charge is 2.42. The van der Waals surface area contributed by atoms with E-state index in [4.69, 9.17) is 9.47 Å².